The lowest BCUT2D eigenvalue weighted by Crippen LogP contribution is -2.24. The number of anilines is 1. The number of carboxylic acids is 1. The number of benzene rings is 2. The van der Waals surface area contributed by atoms with E-state index < -0.39 is 18.6 Å². The van der Waals surface area contributed by atoms with Gasteiger partial charge in [-0.25, -0.2) is 15.0 Å². The third kappa shape index (κ3) is 6.55. The lowest BCUT2D eigenvalue weighted by Gasteiger charge is -2.14. The van der Waals surface area contributed by atoms with Gasteiger partial charge in [-0.05, 0) is 48.4 Å². The van der Waals surface area contributed by atoms with Crippen LogP contribution in [0.3, 0.4) is 0 Å². The van der Waals surface area contributed by atoms with Crippen LogP contribution in [0.4, 0.5) is 10.5 Å². The molecule has 0 unspecified atom stereocenters. The summed E-state index contributed by atoms with van der Waals surface area (Å²) in [5.41, 5.74) is 4.25. The van der Waals surface area contributed by atoms with Gasteiger partial charge in [0, 0.05) is 11.3 Å². The first kappa shape index (κ1) is 22.3. The fraction of sp³-hybridized carbons (Fsp3) is 0.190. The Labute approximate surface area is 174 Å². The average molecular weight is 413 g/mol. The number of rotatable bonds is 10. The van der Waals surface area contributed by atoms with Gasteiger partial charge in [0.1, 0.15) is 5.75 Å². The highest BCUT2D eigenvalue weighted by Gasteiger charge is 2.13. The Balaban J connectivity index is 2.09. The number of nitrogens with zero attached hydrogens (tertiary/aromatic N) is 1. The van der Waals surface area contributed by atoms with Crippen molar-refractivity contribution in [2.75, 3.05) is 26.1 Å². The summed E-state index contributed by atoms with van der Waals surface area (Å²) in [4.78, 5) is 22.8. The van der Waals surface area contributed by atoms with E-state index in [2.05, 4.69) is 22.4 Å². The molecular formula is C21H23N3O6. The van der Waals surface area contributed by atoms with Gasteiger partial charge in [0.05, 0.1) is 20.4 Å². The van der Waals surface area contributed by atoms with Crippen molar-refractivity contribution in [2.45, 2.75) is 6.42 Å². The topological polar surface area (TPSA) is 118 Å². The number of ether oxygens (including phenoxy) is 3. The Bertz CT molecular complexity index is 925. The Kier molecular flexibility index (Phi) is 8.25. The zero-order valence-corrected chi connectivity index (χ0v) is 16.7. The first-order valence-electron chi connectivity index (χ1n) is 8.87. The molecule has 3 N–H and O–H groups in total. The first-order valence-corrected chi connectivity index (χ1v) is 8.87. The highest BCUT2D eigenvalue weighted by Crippen LogP contribution is 2.33. The number of hydrogen-bond acceptors (Lipinski definition) is 6. The van der Waals surface area contributed by atoms with E-state index in [1.54, 1.807) is 49.6 Å². The number of hydrogen-bond donors (Lipinski definition) is 3. The predicted octanol–water partition coefficient (Wildman–Crippen LogP) is 3.05. The fourth-order valence-corrected chi connectivity index (χ4v) is 2.51. The standard InChI is InChI=1S/C21H23N3O6/c1-4-5-15-10-14(11-18(29-3)20(15)30-13-19(25)26)12-22-24-21(27)23-16-6-8-17(28-2)9-7-16/h4,6-12H,1,5,13H2,2-3H3,(H,25,26)(H2,23,24,27)/b22-12+. The van der Waals surface area contributed by atoms with Gasteiger partial charge in [0.15, 0.2) is 18.1 Å². The van der Waals surface area contributed by atoms with Crippen molar-refractivity contribution < 1.29 is 28.9 Å². The van der Waals surface area contributed by atoms with Crippen LogP contribution in [-0.4, -0.2) is 44.1 Å². The lowest BCUT2D eigenvalue weighted by atomic mass is 10.1. The van der Waals surface area contributed by atoms with Crippen molar-refractivity contribution in [1.82, 2.24) is 5.43 Å². The van der Waals surface area contributed by atoms with E-state index in [0.717, 1.165) is 0 Å². The number of methoxy groups -OCH3 is 2. The first-order chi connectivity index (χ1) is 14.5. The number of hydrazone groups is 1. The second kappa shape index (κ2) is 11.1. The zero-order valence-electron chi connectivity index (χ0n) is 16.7. The average Bonchev–Trinajstić information content (AvgIpc) is 2.73. The molecule has 2 aromatic rings. The number of amides is 2. The van der Waals surface area contributed by atoms with Crippen LogP contribution in [0.15, 0.2) is 54.2 Å². The highest BCUT2D eigenvalue weighted by atomic mass is 16.5. The number of allylic oxidation sites excluding steroid dienone is 1. The third-order valence-electron chi connectivity index (χ3n) is 3.81. The van der Waals surface area contributed by atoms with E-state index >= 15 is 0 Å². The SMILES string of the molecule is C=CCc1cc(/C=N/NC(=O)Nc2ccc(OC)cc2)cc(OC)c1OCC(=O)O. The van der Waals surface area contributed by atoms with E-state index in [-0.39, 0.29) is 0 Å². The van der Waals surface area contributed by atoms with Crippen LogP contribution in [0.2, 0.25) is 0 Å². The molecule has 0 bridgehead atoms. The smallest absolute Gasteiger partial charge is 0.341 e. The molecule has 158 valence electrons. The molecule has 0 saturated heterocycles. The van der Waals surface area contributed by atoms with Gasteiger partial charge in [-0.3, -0.25) is 0 Å². The molecule has 0 aliphatic heterocycles. The molecule has 2 rings (SSSR count). The molecule has 0 spiro atoms. The molecule has 0 aliphatic carbocycles. The number of carbonyl (C=O) groups is 2. The van der Waals surface area contributed by atoms with Gasteiger partial charge >= 0.3 is 12.0 Å². The third-order valence-corrected chi connectivity index (χ3v) is 3.81. The maximum Gasteiger partial charge on any atom is 0.341 e. The molecule has 0 aromatic heterocycles. The molecule has 0 atom stereocenters. The Morgan fingerprint density at radius 3 is 2.50 bits per heavy atom. The van der Waals surface area contributed by atoms with Gasteiger partial charge in [-0.15, -0.1) is 6.58 Å². The molecule has 0 fully saturated rings. The summed E-state index contributed by atoms with van der Waals surface area (Å²) >= 11 is 0. The number of carbonyl (C=O) groups excluding carboxylic acids is 1. The molecule has 0 radical (unpaired) electrons. The summed E-state index contributed by atoms with van der Waals surface area (Å²) in [7, 11) is 3.01. The Hall–Kier alpha value is -4.01. The summed E-state index contributed by atoms with van der Waals surface area (Å²) in [6.45, 7) is 3.20. The normalized spacial score (nSPS) is 10.3. The Morgan fingerprint density at radius 1 is 1.17 bits per heavy atom. The second-order valence-electron chi connectivity index (χ2n) is 5.94. The summed E-state index contributed by atoms with van der Waals surface area (Å²) in [5.74, 6) is 0.250. The summed E-state index contributed by atoms with van der Waals surface area (Å²) in [6.07, 6.45) is 3.52. The minimum Gasteiger partial charge on any atom is -0.497 e. The van der Waals surface area contributed by atoms with Crippen molar-refractivity contribution >= 4 is 23.9 Å². The van der Waals surface area contributed by atoms with Crippen molar-refractivity contribution in [3.8, 4) is 17.2 Å². The summed E-state index contributed by atoms with van der Waals surface area (Å²) in [5, 5.41) is 15.4. The maximum absolute atomic E-state index is 12.0. The fourth-order valence-electron chi connectivity index (χ4n) is 2.51. The van der Waals surface area contributed by atoms with Gasteiger partial charge < -0.3 is 24.6 Å². The molecule has 2 aromatic carbocycles. The van der Waals surface area contributed by atoms with Gasteiger partial charge in [-0.2, -0.15) is 5.10 Å². The van der Waals surface area contributed by atoms with Crippen LogP contribution in [0.1, 0.15) is 11.1 Å². The minimum atomic E-state index is -1.10. The highest BCUT2D eigenvalue weighted by molar-refractivity contribution is 5.90. The number of urea groups is 1. The van der Waals surface area contributed by atoms with Crippen LogP contribution in [0.5, 0.6) is 17.2 Å². The molecule has 9 nitrogen and oxygen atoms in total. The maximum atomic E-state index is 12.0. The molecule has 30 heavy (non-hydrogen) atoms. The monoisotopic (exact) mass is 413 g/mol. The number of nitrogens with one attached hydrogen (secondary N) is 2. The molecule has 0 aliphatic rings. The number of aliphatic carboxylic acids is 1. The molecular weight excluding hydrogens is 390 g/mol. The largest absolute Gasteiger partial charge is 0.497 e. The van der Waals surface area contributed by atoms with E-state index in [4.69, 9.17) is 19.3 Å². The van der Waals surface area contributed by atoms with Crippen LogP contribution >= 0.6 is 0 Å². The molecule has 9 heteroatoms. The van der Waals surface area contributed by atoms with Crippen molar-refractivity contribution in [3.05, 3.63) is 60.2 Å². The van der Waals surface area contributed by atoms with E-state index in [1.807, 2.05) is 0 Å². The zero-order chi connectivity index (χ0) is 21.9. The second-order valence-corrected chi connectivity index (χ2v) is 5.94. The molecule has 0 saturated carbocycles. The van der Waals surface area contributed by atoms with Gasteiger partial charge in [-0.1, -0.05) is 6.08 Å². The molecule has 0 heterocycles. The van der Waals surface area contributed by atoms with Gasteiger partial charge in [0.2, 0.25) is 0 Å². The minimum absolute atomic E-state index is 0.321. The van der Waals surface area contributed by atoms with Gasteiger partial charge in [0.25, 0.3) is 0 Å². The van der Waals surface area contributed by atoms with Crippen LogP contribution in [-0.2, 0) is 11.2 Å². The summed E-state index contributed by atoms with van der Waals surface area (Å²) in [6, 6.07) is 9.69. The quantitative estimate of drug-likeness (QED) is 0.313. The van der Waals surface area contributed by atoms with Crippen molar-refractivity contribution in [3.63, 3.8) is 0 Å². The number of carboxylic acid groups (broad SMARTS) is 1. The molecule has 2 amide bonds. The van der Waals surface area contributed by atoms with Crippen LogP contribution in [0.25, 0.3) is 0 Å². The summed E-state index contributed by atoms with van der Waals surface area (Å²) < 4.78 is 15.7. The Morgan fingerprint density at radius 2 is 1.90 bits per heavy atom. The predicted molar refractivity (Wildman–Crippen MR) is 113 cm³/mol. The van der Waals surface area contributed by atoms with Crippen LogP contribution < -0.4 is 25.0 Å². The van der Waals surface area contributed by atoms with E-state index in [9.17, 15) is 9.59 Å². The van der Waals surface area contributed by atoms with Crippen molar-refractivity contribution in [2.24, 2.45) is 5.10 Å². The van der Waals surface area contributed by atoms with Crippen LogP contribution in [0, 0.1) is 0 Å². The van der Waals surface area contributed by atoms with E-state index in [1.165, 1.54) is 13.3 Å². The lowest BCUT2D eigenvalue weighted by molar-refractivity contribution is -0.139. The van der Waals surface area contributed by atoms with E-state index in [0.29, 0.717) is 40.5 Å². The van der Waals surface area contributed by atoms with Crippen molar-refractivity contribution in [1.29, 1.82) is 0 Å².